The number of methoxy groups -OCH3 is 1. The summed E-state index contributed by atoms with van der Waals surface area (Å²) in [5.74, 6) is 1.95. The van der Waals surface area contributed by atoms with Gasteiger partial charge in [0.2, 0.25) is 0 Å². The molecule has 1 aromatic heterocycles. The van der Waals surface area contributed by atoms with Crippen LogP contribution in [0.5, 0.6) is 5.75 Å². The van der Waals surface area contributed by atoms with Gasteiger partial charge >= 0.3 is 0 Å². The first kappa shape index (κ1) is 10.5. The minimum Gasteiger partial charge on any atom is -0.490 e. The number of hydrogen-bond acceptors (Lipinski definition) is 5. The van der Waals surface area contributed by atoms with E-state index < -0.39 is 0 Å². The second-order valence-electron chi connectivity index (χ2n) is 4.05. The molecule has 0 spiro atoms. The van der Waals surface area contributed by atoms with Crippen LogP contribution in [0.4, 0.5) is 10.8 Å². The Kier molecular flexibility index (Phi) is 3.00. The van der Waals surface area contributed by atoms with E-state index in [4.69, 9.17) is 10.5 Å². The summed E-state index contributed by atoms with van der Waals surface area (Å²) >= 11 is 1.37. The maximum Gasteiger partial charge on any atom is 0.197 e. The van der Waals surface area contributed by atoms with E-state index in [2.05, 4.69) is 16.6 Å². The van der Waals surface area contributed by atoms with Gasteiger partial charge in [0.15, 0.2) is 16.6 Å². The maximum absolute atomic E-state index is 5.68. The molecule has 3 N–H and O–H groups in total. The molecule has 0 aromatic carbocycles. The summed E-state index contributed by atoms with van der Waals surface area (Å²) in [6, 6.07) is 0.479. The normalized spacial score (nSPS) is 18.3. The molecule has 0 saturated heterocycles. The third kappa shape index (κ3) is 2.02. The van der Waals surface area contributed by atoms with Crippen molar-refractivity contribution in [3.63, 3.8) is 0 Å². The Morgan fingerprint density at radius 3 is 2.87 bits per heavy atom. The molecule has 5 heteroatoms. The molecular weight excluding hydrogens is 210 g/mol. The highest BCUT2D eigenvalue weighted by molar-refractivity contribution is 7.11. The van der Waals surface area contributed by atoms with Crippen LogP contribution in [0.15, 0.2) is 0 Å². The SMILES string of the molecule is COc1c(N)nsc1NC(C)C1CCC1. The molecule has 4 nitrogen and oxygen atoms in total. The van der Waals surface area contributed by atoms with Crippen molar-refractivity contribution in [3.05, 3.63) is 0 Å². The Morgan fingerprint density at radius 1 is 1.60 bits per heavy atom. The van der Waals surface area contributed by atoms with Crippen molar-refractivity contribution < 1.29 is 4.74 Å². The van der Waals surface area contributed by atoms with Crippen LogP contribution in [-0.4, -0.2) is 17.5 Å². The van der Waals surface area contributed by atoms with Crippen molar-refractivity contribution in [2.24, 2.45) is 5.92 Å². The van der Waals surface area contributed by atoms with Crippen LogP contribution in [0.2, 0.25) is 0 Å². The number of nitrogens with zero attached hydrogens (tertiary/aromatic N) is 1. The summed E-state index contributed by atoms with van der Waals surface area (Å²) in [5.41, 5.74) is 5.68. The van der Waals surface area contributed by atoms with Gasteiger partial charge < -0.3 is 15.8 Å². The largest absolute Gasteiger partial charge is 0.490 e. The van der Waals surface area contributed by atoms with Crippen LogP contribution in [-0.2, 0) is 0 Å². The molecular formula is C10H17N3OS. The smallest absolute Gasteiger partial charge is 0.197 e. The lowest BCUT2D eigenvalue weighted by molar-refractivity contribution is 0.285. The molecule has 1 atom stereocenters. The quantitative estimate of drug-likeness (QED) is 0.828. The van der Waals surface area contributed by atoms with E-state index in [0.717, 1.165) is 10.9 Å². The Morgan fingerprint density at radius 2 is 2.33 bits per heavy atom. The molecule has 0 aliphatic heterocycles. The number of nitrogen functional groups attached to an aromatic ring is 1. The maximum atomic E-state index is 5.68. The van der Waals surface area contributed by atoms with Gasteiger partial charge in [-0.1, -0.05) is 6.42 Å². The number of rotatable bonds is 4. The molecule has 1 aromatic rings. The average Bonchev–Trinajstić information content (AvgIpc) is 2.43. The zero-order chi connectivity index (χ0) is 10.8. The van der Waals surface area contributed by atoms with Crippen LogP contribution in [0.1, 0.15) is 26.2 Å². The van der Waals surface area contributed by atoms with E-state index in [-0.39, 0.29) is 0 Å². The summed E-state index contributed by atoms with van der Waals surface area (Å²) < 4.78 is 9.28. The lowest BCUT2D eigenvalue weighted by atomic mass is 9.80. The minimum absolute atomic E-state index is 0.478. The molecule has 1 unspecified atom stereocenters. The second kappa shape index (κ2) is 4.26. The molecule has 1 saturated carbocycles. The number of hydrogen-bond donors (Lipinski definition) is 2. The van der Waals surface area contributed by atoms with Gasteiger partial charge in [0.05, 0.1) is 7.11 Å². The van der Waals surface area contributed by atoms with Crippen LogP contribution < -0.4 is 15.8 Å². The number of anilines is 2. The van der Waals surface area contributed by atoms with Crippen molar-refractivity contribution in [2.75, 3.05) is 18.2 Å². The van der Waals surface area contributed by atoms with Crippen molar-refractivity contribution >= 4 is 22.4 Å². The predicted octanol–water partition coefficient (Wildman–Crippen LogP) is 2.33. The van der Waals surface area contributed by atoms with Gasteiger partial charge in [-0.2, -0.15) is 4.37 Å². The zero-order valence-corrected chi connectivity index (χ0v) is 9.93. The fourth-order valence-electron chi connectivity index (χ4n) is 1.85. The van der Waals surface area contributed by atoms with E-state index in [1.807, 2.05) is 0 Å². The summed E-state index contributed by atoms with van der Waals surface area (Å²) in [5, 5.41) is 4.39. The molecule has 1 aliphatic rings. The highest BCUT2D eigenvalue weighted by atomic mass is 32.1. The van der Waals surface area contributed by atoms with E-state index in [1.165, 1.54) is 30.8 Å². The fourth-order valence-corrected chi connectivity index (χ4v) is 2.63. The first-order valence-corrected chi connectivity index (χ1v) is 6.05. The molecule has 1 fully saturated rings. The third-order valence-electron chi connectivity index (χ3n) is 3.09. The molecule has 1 aliphatic carbocycles. The fraction of sp³-hybridized carbons (Fsp3) is 0.700. The van der Waals surface area contributed by atoms with Crippen molar-refractivity contribution in [3.8, 4) is 5.75 Å². The molecule has 15 heavy (non-hydrogen) atoms. The highest BCUT2D eigenvalue weighted by Gasteiger charge is 2.25. The number of aromatic nitrogens is 1. The van der Waals surface area contributed by atoms with Crippen LogP contribution in [0.3, 0.4) is 0 Å². The van der Waals surface area contributed by atoms with E-state index in [9.17, 15) is 0 Å². The Labute approximate surface area is 94.0 Å². The third-order valence-corrected chi connectivity index (χ3v) is 3.87. The van der Waals surface area contributed by atoms with Gasteiger partial charge in [0.1, 0.15) is 0 Å². The number of nitrogens with one attached hydrogen (secondary N) is 1. The standard InChI is InChI=1S/C10H17N3OS/c1-6(7-4-3-5-7)12-10-8(14-2)9(11)13-15-10/h6-7,12H,3-5H2,1-2H3,(H2,11,13). The average molecular weight is 227 g/mol. The monoisotopic (exact) mass is 227 g/mol. The molecule has 2 rings (SSSR count). The molecule has 1 heterocycles. The minimum atomic E-state index is 0.478. The number of ether oxygens (including phenoxy) is 1. The van der Waals surface area contributed by atoms with Gasteiger partial charge in [0.25, 0.3) is 0 Å². The van der Waals surface area contributed by atoms with Gasteiger partial charge in [0, 0.05) is 6.04 Å². The Hall–Kier alpha value is -0.970. The highest BCUT2D eigenvalue weighted by Crippen LogP contribution is 2.38. The summed E-state index contributed by atoms with van der Waals surface area (Å²) in [4.78, 5) is 0. The Balaban J connectivity index is 2.02. The van der Waals surface area contributed by atoms with Crippen molar-refractivity contribution in [2.45, 2.75) is 32.2 Å². The molecule has 0 amide bonds. The summed E-state index contributed by atoms with van der Waals surface area (Å²) in [6.07, 6.45) is 4.01. The summed E-state index contributed by atoms with van der Waals surface area (Å²) in [7, 11) is 1.62. The molecule has 84 valence electrons. The van der Waals surface area contributed by atoms with E-state index in [1.54, 1.807) is 7.11 Å². The van der Waals surface area contributed by atoms with Gasteiger partial charge in [-0.3, -0.25) is 0 Å². The predicted molar refractivity (Wildman–Crippen MR) is 63.5 cm³/mol. The first-order chi connectivity index (χ1) is 7.22. The van der Waals surface area contributed by atoms with E-state index >= 15 is 0 Å². The van der Waals surface area contributed by atoms with Gasteiger partial charge in [-0.15, -0.1) is 0 Å². The van der Waals surface area contributed by atoms with Crippen LogP contribution in [0.25, 0.3) is 0 Å². The van der Waals surface area contributed by atoms with Gasteiger partial charge in [-0.05, 0) is 37.2 Å². The summed E-state index contributed by atoms with van der Waals surface area (Å²) in [6.45, 7) is 2.21. The zero-order valence-electron chi connectivity index (χ0n) is 9.12. The number of nitrogens with two attached hydrogens (primary N) is 1. The van der Waals surface area contributed by atoms with Crippen LogP contribution in [0, 0.1) is 5.92 Å². The Bertz CT molecular complexity index is 335. The lowest BCUT2D eigenvalue weighted by Crippen LogP contribution is -2.30. The molecule has 0 bridgehead atoms. The lowest BCUT2D eigenvalue weighted by Gasteiger charge is -2.32. The van der Waals surface area contributed by atoms with Crippen LogP contribution >= 0.6 is 11.5 Å². The van der Waals surface area contributed by atoms with Crippen molar-refractivity contribution in [1.82, 2.24) is 4.37 Å². The second-order valence-corrected chi connectivity index (χ2v) is 4.83. The molecule has 0 radical (unpaired) electrons. The van der Waals surface area contributed by atoms with Crippen molar-refractivity contribution in [1.29, 1.82) is 0 Å². The van der Waals surface area contributed by atoms with E-state index in [0.29, 0.717) is 17.6 Å². The van der Waals surface area contributed by atoms with Gasteiger partial charge in [-0.25, -0.2) is 0 Å². The first-order valence-electron chi connectivity index (χ1n) is 5.28. The topological polar surface area (TPSA) is 60.2 Å².